The number of para-hydroxylation sites is 1. The second-order valence-corrected chi connectivity index (χ2v) is 7.29. The SMILES string of the molecule is CC(=O)N(Cc1cnc(Nc2cnn(C)c2)nc1Nc1cccc(N)c1)c1ccccc1. The van der Waals surface area contributed by atoms with Crippen LogP contribution in [0, 0.1) is 0 Å². The lowest BCUT2D eigenvalue weighted by Gasteiger charge is -2.23. The highest BCUT2D eigenvalue weighted by Gasteiger charge is 2.17. The number of carbonyl (C=O) groups excluding carboxylic acids is 1. The molecule has 2 aromatic carbocycles. The molecule has 9 heteroatoms. The van der Waals surface area contributed by atoms with Gasteiger partial charge < -0.3 is 21.3 Å². The first-order valence-corrected chi connectivity index (χ1v) is 10.1. The summed E-state index contributed by atoms with van der Waals surface area (Å²) in [5.74, 6) is 0.894. The summed E-state index contributed by atoms with van der Waals surface area (Å²) in [5.41, 5.74) is 9.67. The molecule has 1 amide bonds. The van der Waals surface area contributed by atoms with Gasteiger partial charge in [-0.2, -0.15) is 10.1 Å². The van der Waals surface area contributed by atoms with Crippen LogP contribution in [0.5, 0.6) is 0 Å². The minimum absolute atomic E-state index is 0.0799. The van der Waals surface area contributed by atoms with Crippen LogP contribution in [0.3, 0.4) is 0 Å². The minimum atomic E-state index is -0.0799. The van der Waals surface area contributed by atoms with E-state index in [-0.39, 0.29) is 5.91 Å². The standard InChI is InChI=1S/C23H24N8O/c1-16(32)31(21-9-4-3-5-10-21)14-17-12-25-23(28-20-13-26-30(2)15-20)29-22(17)27-19-8-6-7-18(24)11-19/h3-13,15H,14,24H2,1-2H3,(H2,25,27,28,29). The summed E-state index contributed by atoms with van der Waals surface area (Å²) in [5, 5.41) is 10.6. The van der Waals surface area contributed by atoms with Crippen LogP contribution in [0.1, 0.15) is 12.5 Å². The van der Waals surface area contributed by atoms with Gasteiger partial charge in [0.05, 0.1) is 18.4 Å². The van der Waals surface area contributed by atoms with Gasteiger partial charge in [0.15, 0.2) is 0 Å². The van der Waals surface area contributed by atoms with E-state index in [2.05, 4.69) is 25.7 Å². The number of nitrogens with zero attached hydrogens (tertiary/aromatic N) is 5. The lowest BCUT2D eigenvalue weighted by molar-refractivity contribution is -0.116. The molecule has 0 fully saturated rings. The summed E-state index contributed by atoms with van der Waals surface area (Å²) < 4.78 is 1.69. The Kier molecular flexibility index (Phi) is 5.98. The van der Waals surface area contributed by atoms with Crippen molar-refractivity contribution in [2.45, 2.75) is 13.5 Å². The van der Waals surface area contributed by atoms with Gasteiger partial charge in [0.25, 0.3) is 0 Å². The molecular weight excluding hydrogens is 404 g/mol. The molecule has 0 saturated carbocycles. The van der Waals surface area contributed by atoms with Crippen molar-refractivity contribution in [2.24, 2.45) is 7.05 Å². The van der Waals surface area contributed by atoms with Crippen LogP contribution < -0.4 is 21.3 Å². The zero-order chi connectivity index (χ0) is 22.5. The third kappa shape index (κ3) is 5.01. The first kappa shape index (κ1) is 20.9. The number of benzene rings is 2. The molecule has 0 bridgehead atoms. The summed E-state index contributed by atoms with van der Waals surface area (Å²) in [6, 6.07) is 16.9. The number of carbonyl (C=O) groups is 1. The van der Waals surface area contributed by atoms with Crippen LogP contribution in [0.4, 0.5) is 34.5 Å². The van der Waals surface area contributed by atoms with Gasteiger partial charge in [0.2, 0.25) is 11.9 Å². The molecule has 2 heterocycles. The summed E-state index contributed by atoms with van der Waals surface area (Å²) in [6.07, 6.45) is 5.23. The number of hydrogen-bond donors (Lipinski definition) is 3. The number of aryl methyl sites for hydroxylation is 1. The third-order valence-corrected chi connectivity index (χ3v) is 4.75. The normalized spacial score (nSPS) is 10.6. The molecule has 0 saturated heterocycles. The lowest BCUT2D eigenvalue weighted by atomic mass is 10.2. The maximum Gasteiger partial charge on any atom is 0.229 e. The Labute approximate surface area is 185 Å². The average molecular weight is 429 g/mol. The van der Waals surface area contributed by atoms with Crippen molar-refractivity contribution in [3.8, 4) is 0 Å². The molecule has 162 valence electrons. The van der Waals surface area contributed by atoms with E-state index in [1.165, 1.54) is 6.92 Å². The highest BCUT2D eigenvalue weighted by atomic mass is 16.2. The summed E-state index contributed by atoms with van der Waals surface area (Å²) in [6.45, 7) is 1.84. The van der Waals surface area contributed by atoms with Crippen LogP contribution >= 0.6 is 0 Å². The second kappa shape index (κ2) is 9.17. The number of nitrogen functional groups attached to an aromatic ring is 1. The molecule has 0 radical (unpaired) electrons. The van der Waals surface area contributed by atoms with Crippen LogP contribution in [-0.4, -0.2) is 25.7 Å². The Morgan fingerprint density at radius 2 is 1.88 bits per heavy atom. The van der Waals surface area contributed by atoms with Crippen LogP contribution in [-0.2, 0) is 18.4 Å². The predicted molar refractivity (Wildman–Crippen MR) is 126 cm³/mol. The first-order chi connectivity index (χ1) is 15.5. The highest BCUT2D eigenvalue weighted by molar-refractivity contribution is 5.91. The van der Waals surface area contributed by atoms with Crippen molar-refractivity contribution < 1.29 is 4.79 Å². The van der Waals surface area contributed by atoms with E-state index in [1.807, 2.05) is 67.8 Å². The van der Waals surface area contributed by atoms with Gasteiger partial charge >= 0.3 is 0 Å². The van der Waals surface area contributed by atoms with Crippen molar-refractivity contribution in [3.63, 3.8) is 0 Å². The van der Waals surface area contributed by atoms with E-state index >= 15 is 0 Å². The lowest BCUT2D eigenvalue weighted by Crippen LogP contribution is -2.28. The van der Waals surface area contributed by atoms with Crippen LogP contribution in [0.2, 0.25) is 0 Å². The van der Waals surface area contributed by atoms with E-state index in [0.29, 0.717) is 24.0 Å². The van der Waals surface area contributed by atoms with Crippen molar-refractivity contribution in [3.05, 3.63) is 78.8 Å². The maximum atomic E-state index is 12.4. The fourth-order valence-electron chi connectivity index (χ4n) is 3.22. The highest BCUT2D eigenvalue weighted by Crippen LogP contribution is 2.25. The Hall–Kier alpha value is -4.40. The molecule has 9 nitrogen and oxygen atoms in total. The Morgan fingerprint density at radius 1 is 1.06 bits per heavy atom. The zero-order valence-corrected chi connectivity index (χ0v) is 17.9. The fourth-order valence-corrected chi connectivity index (χ4v) is 3.22. The van der Waals surface area contributed by atoms with Gasteiger partial charge in [0, 0.05) is 49.0 Å². The largest absolute Gasteiger partial charge is 0.399 e. The van der Waals surface area contributed by atoms with Crippen molar-refractivity contribution >= 4 is 40.4 Å². The number of nitrogens with two attached hydrogens (primary N) is 1. The Balaban J connectivity index is 1.68. The smallest absolute Gasteiger partial charge is 0.229 e. The monoisotopic (exact) mass is 428 g/mol. The van der Waals surface area contributed by atoms with E-state index in [9.17, 15) is 4.79 Å². The van der Waals surface area contributed by atoms with E-state index in [0.717, 1.165) is 22.6 Å². The molecule has 4 rings (SSSR count). The molecule has 2 aromatic heterocycles. The second-order valence-electron chi connectivity index (χ2n) is 7.29. The molecular formula is C23H24N8O. The van der Waals surface area contributed by atoms with Crippen molar-refractivity contribution in [2.75, 3.05) is 21.3 Å². The van der Waals surface area contributed by atoms with E-state index in [1.54, 1.807) is 22.0 Å². The third-order valence-electron chi connectivity index (χ3n) is 4.75. The Morgan fingerprint density at radius 3 is 2.56 bits per heavy atom. The average Bonchev–Trinajstić information content (AvgIpc) is 3.18. The summed E-state index contributed by atoms with van der Waals surface area (Å²) >= 11 is 0. The van der Waals surface area contributed by atoms with Crippen molar-refractivity contribution in [1.82, 2.24) is 19.7 Å². The fraction of sp³-hybridized carbons (Fsp3) is 0.130. The zero-order valence-electron chi connectivity index (χ0n) is 17.9. The Bertz CT molecular complexity index is 1220. The molecule has 0 aliphatic heterocycles. The number of amides is 1. The molecule has 0 unspecified atom stereocenters. The van der Waals surface area contributed by atoms with Gasteiger partial charge in [-0.05, 0) is 30.3 Å². The molecule has 4 aromatic rings. The molecule has 0 aliphatic carbocycles. The topological polar surface area (TPSA) is 114 Å². The number of anilines is 6. The molecule has 0 atom stereocenters. The van der Waals surface area contributed by atoms with Gasteiger partial charge in [-0.15, -0.1) is 0 Å². The molecule has 4 N–H and O–H groups in total. The quantitative estimate of drug-likeness (QED) is 0.383. The number of hydrogen-bond acceptors (Lipinski definition) is 7. The van der Waals surface area contributed by atoms with E-state index in [4.69, 9.17) is 5.73 Å². The summed E-state index contributed by atoms with van der Waals surface area (Å²) in [7, 11) is 1.84. The van der Waals surface area contributed by atoms with Crippen LogP contribution in [0.15, 0.2) is 73.2 Å². The molecule has 0 aliphatic rings. The van der Waals surface area contributed by atoms with Gasteiger partial charge in [-0.1, -0.05) is 24.3 Å². The molecule has 0 spiro atoms. The van der Waals surface area contributed by atoms with E-state index < -0.39 is 0 Å². The van der Waals surface area contributed by atoms with Gasteiger partial charge in [-0.3, -0.25) is 9.48 Å². The minimum Gasteiger partial charge on any atom is -0.399 e. The van der Waals surface area contributed by atoms with Crippen LogP contribution in [0.25, 0.3) is 0 Å². The first-order valence-electron chi connectivity index (χ1n) is 10.1. The van der Waals surface area contributed by atoms with Gasteiger partial charge in [-0.25, -0.2) is 4.98 Å². The van der Waals surface area contributed by atoms with Gasteiger partial charge in [0.1, 0.15) is 5.82 Å². The number of nitrogens with one attached hydrogen (secondary N) is 2. The molecule has 32 heavy (non-hydrogen) atoms. The summed E-state index contributed by atoms with van der Waals surface area (Å²) in [4.78, 5) is 23.2. The maximum absolute atomic E-state index is 12.4. The van der Waals surface area contributed by atoms with Crippen molar-refractivity contribution in [1.29, 1.82) is 0 Å². The number of aromatic nitrogens is 4. The number of rotatable bonds is 7. The predicted octanol–water partition coefficient (Wildman–Crippen LogP) is 3.83.